The molecule has 0 saturated carbocycles. The second kappa shape index (κ2) is 4.42. The summed E-state index contributed by atoms with van der Waals surface area (Å²) >= 11 is 0. The minimum atomic E-state index is -0.314. The van der Waals surface area contributed by atoms with Gasteiger partial charge in [0.25, 0.3) is 0 Å². The molecular weight excluding hydrogens is 183 g/mol. The van der Waals surface area contributed by atoms with Gasteiger partial charge in [-0.2, -0.15) is 0 Å². The molecule has 0 N–H and O–H groups in total. The van der Waals surface area contributed by atoms with Gasteiger partial charge in [0.1, 0.15) is 6.61 Å². The fourth-order valence-corrected chi connectivity index (χ4v) is 1.52. The van der Waals surface area contributed by atoms with Gasteiger partial charge in [0, 0.05) is 6.61 Å². The Morgan fingerprint density at radius 1 is 1.43 bits per heavy atom. The van der Waals surface area contributed by atoms with Gasteiger partial charge >= 0.3 is 0 Å². The molecule has 0 amide bonds. The van der Waals surface area contributed by atoms with Crippen LogP contribution in [0.3, 0.4) is 0 Å². The van der Waals surface area contributed by atoms with E-state index in [9.17, 15) is 4.39 Å². The second-order valence-corrected chi connectivity index (χ2v) is 3.38. The van der Waals surface area contributed by atoms with E-state index in [1.807, 2.05) is 0 Å². The van der Waals surface area contributed by atoms with Crippen molar-refractivity contribution in [3.8, 4) is 5.75 Å². The molecule has 0 aromatic heterocycles. The van der Waals surface area contributed by atoms with Crippen LogP contribution in [-0.4, -0.2) is 19.3 Å². The molecule has 0 radical (unpaired) electrons. The van der Waals surface area contributed by atoms with Crippen LogP contribution in [0.1, 0.15) is 12.8 Å². The molecule has 0 spiro atoms. The first-order valence-corrected chi connectivity index (χ1v) is 4.85. The van der Waals surface area contributed by atoms with E-state index in [1.54, 1.807) is 18.2 Å². The lowest BCUT2D eigenvalue weighted by atomic mass is 10.2. The maximum absolute atomic E-state index is 13.1. The molecule has 1 aromatic carbocycles. The summed E-state index contributed by atoms with van der Waals surface area (Å²) in [5, 5.41) is 0. The van der Waals surface area contributed by atoms with E-state index in [-0.39, 0.29) is 11.9 Å². The molecule has 0 aliphatic carbocycles. The SMILES string of the molecule is Fc1ccccc1OCC1CCCO1. The predicted molar refractivity (Wildman–Crippen MR) is 50.9 cm³/mol. The third-order valence-electron chi connectivity index (χ3n) is 2.29. The van der Waals surface area contributed by atoms with Crippen molar-refractivity contribution >= 4 is 0 Å². The summed E-state index contributed by atoms with van der Waals surface area (Å²) in [6, 6.07) is 6.43. The molecule has 1 heterocycles. The van der Waals surface area contributed by atoms with Gasteiger partial charge in [-0.1, -0.05) is 12.1 Å². The number of hydrogen-bond donors (Lipinski definition) is 0. The van der Waals surface area contributed by atoms with E-state index in [2.05, 4.69) is 0 Å². The first-order chi connectivity index (χ1) is 6.86. The van der Waals surface area contributed by atoms with Crippen molar-refractivity contribution in [3.05, 3.63) is 30.1 Å². The molecule has 76 valence electrons. The van der Waals surface area contributed by atoms with E-state index in [4.69, 9.17) is 9.47 Å². The lowest BCUT2D eigenvalue weighted by Crippen LogP contribution is -2.16. The Bertz CT molecular complexity index is 295. The van der Waals surface area contributed by atoms with Gasteiger partial charge in [-0.25, -0.2) is 4.39 Å². The van der Waals surface area contributed by atoms with Crippen LogP contribution in [0.4, 0.5) is 4.39 Å². The molecule has 2 rings (SSSR count). The van der Waals surface area contributed by atoms with Crippen molar-refractivity contribution in [3.63, 3.8) is 0 Å². The van der Waals surface area contributed by atoms with Crippen LogP contribution in [0, 0.1) is 5.82 Å². The van der Waals surface area contributed by atoms with Gasteiger partial charge in [-0.05, 0) is 25.0 Å². The summed E-state index contributed by atoms with van der Waals surface area (Å²) in [6.07, 6.45) is 2.22. The van der Waals surface area contributed by atoms with Crippen LogP contribution in [0.15, 0.2) is 24.3 Å². The largest absolute Gasteiger partial charge is 0.488 e. The molecule has 3 heteroatoms. The molecule has 14 heavy (non-hydrogen) atoms. The van der Waals surface area contributed by atoms with Crippen LogP contribution < -0.4 is 4.74 Å². The van der Waals surface area contributed by atoms with E-state index < -0.39 is 0 Å². The molecule has 1 aromatic rings. The average molecular weight is 196 g/mol. The highest BCUT2D eigenvalue weighted by Gasteiger charge is 2.16. The van der Waals surface area contributed by atoms with Crippen molar-refractivity contribution in [1.29, 1.82) is 0 Å². The highest BCUT2D eigenvalue weighted by molar-refractivity contribution is 5.23. The summed E-state index contributed by atoms with van der Waals surface area (Å²) in [5.74, 6) is -0.00602. The van der Waals surface area contributed by atoms with Gasteiger partial charge in [-0.3, -0.25) is 0 Å². The maximum Gasteiger partial charge on any atom is 0.165 e. The highest BCUT2D eigenvalue weighted by atomic mass is 19.1. The van der Waals surface area contributed by atoms with Crippen LogP contribution in [0.5, 0.6) is 5.75 Å². The topological polar surface area (TPSA) is 18.5 Å². The standard InChI is InChI=1S/C11H13FO2/c12-10-5-1-2-6-11(10)14-8-9-4-3-7-13-9/h1-2,5-6,9H,3-4,7-8H2. The zero-order valence-corrected chi connectivity index (χ0v) is 7.91. The number of ether oxygens (including phenoxy) is 2. The van der Waals surface area contributed by atoms with Crippen LogP contribution >= 0.6 is 0 Å². The summed E-state index contributed by atoms with van der Waals surface area (Å²) < 4.78 is 23.8. The summed E-state index contributed by atoms with van der Waals surface area (Å²) in [6.45, 7) is 1.24. The van der Waals surface area contributed by atoms with Crippen molar-refractivity contribution in [2.75, 3.05) is 13.2 Å². The number of rotatable bonds is 3. The first kappa shape index (κ1) is 9.46. The smallest absolute Gasteiger partial charge is 0.165 e. The molecule has 2 nitrogen and oxygen atoms in total. The zero-order valence-electron chi connectivity index (χ0n) is 7.91. The molecule has 0 bridgehead atoms. The Kier molecular flexibility index (Phi) is 2.99. The lowest BCUT2D eigenvalue weighted by Gasteiger charge is -2.11. The molecular formula is C11H13FO2. The molecule has 1 unspecified atom stereocenters. The van der Waals surface area contributed by atoms with Crippen molar-refractivity contribution in [1.82, 2.24) is 0 Å². The van der Waals surface area contributed by atoms with E-state index >= 15 is 0 Å². The van der Waals surface area contributed by atoms with Gasteiger partial charge in [0.15, 0.2) is 11.6 Å². The quantitative estimate of drug-likeness (QED) is 0.739. The van der Waals surface area contributed by atoms with Gasteiger partial charge in [-0.15, -0.1) is 0 Å². The molecule has 1 fully saturated rings. The molecule has 1 aliphatic heterocycles. The van der Waals surface area contributed by atoms with E-state index in [0.717, 1.165) is 19.4 Å². The molecule has 1 saturated heterocycles. The van der Waals surface area contributed by atoms with Crippen LogP contribution in [0.25, 0.3) is 0 Å². The Balaban J connectivity index is 1.88. The normalized spacial score (nSPS) is 21.1. The Morgan fingerprint density at radius 3 is 3.00 bits per heavy atom. The monoisotopic (exact) mass is 196 g/mol. The van der Waals surface area contributed by atoms with Crippen LogP contribution in [0.2, 0.25) is 0 Å². The Labute approximate surface area is 82.6 Å². The summed E-state index contributed by atoms with van der Waals surface area (Å²) in [4.78, 5) is 0. The number of benzene rings is 1. The fraction of sp³-hybridized carbons (Fsp3) is 0.455. The average Bonchev–Trinajstić information content (AvgIpc) is 2.69. The van der Waals surface area contributed by atoms with Crippen molar-refractivity contribution in [2.45, 2.75) is 18.9 Å². The van der Waals surface area contributed by atoms with Gasteiger partial charge in [0.2, 0.25) is 0 Å². The van der Waals surface area contributed by atoms with Gasteiger partial charge in [0.05, 0.1) is 6.10 Å². The highest BCUT2D eigenvalue weighted by Crippen LogP contribution is 2.18. The van der Waals surface area contributed by atoms with Crippen molar-refractivity contribution in [2.24, 2.45) is 0 Å². The maximum atomic E-state index is 13.1. The van der Waals surface area contributed by atoms with Crippen LogP contribution in [-0.2, 0) is 4.74 Å². The minimum Gasteiger partial charge on any atom is -0.488 e. The minimum absolute atomic E-state index is 0.134. The number of hydrogen-bond acceptors (Lipinski definition) is 2. The van der Waals surface area contributed by atoms with Crippen molar-refractivity contribution < 1.29 is 13.9 Å². The Hall–Kier alpha value is -1.09. The third kappa shape index (κ3) is 2.23. The van der Waals surface area contributed by atoms with E-state index in [1.165, 1.54) is 6.07 Å². The zero-order chi connectivity index (χ0) is 9.80. The number of para-hydroxylation sites is 1. The lowest BCUT2D eigenvalue weighted by molar-refractivity contribution is 0.0666. The third-order valence-corrected chi connectivity index (χ3v) is 2.29. The fourth-order valence-electron chi connectivity index (χ4n) is 1.52. The Morgan fingerprint density at radius 2 is 2.29 bits per heavy atom. The first-order valence-electron chi connectivity index (χ1n) is 4.85. The summed E-state index contributed by atoms with van der Waals surface area (Å²) in [7, 11) is 0. The second-order valence-electron chi connectivity index (χ2n) is 3.38. The predicted octanol–water partition coefficient (Wildman–Crippen LogP) is 2.38. The number of halogens is 1. The molecule has 1 atom stereocenters. The summed E-state index contributed by atoms with van der Waals surface area (Å²) in [5.41, 5.74) is 0. The van der Waals surface area contributed by atoms with E-state index in [0.29, 0.717) is 12.4 Å². The van der Waals surface area contributed by atoms with Gasteiger partial charge < -0.3 is 9.47 Å². The molecule has 1 aliphatic rings.